The predicted octanol–water partition coefficient (Wildman–Crippen LogP) is 3.55. The van der Waals surface area contributed by atoms with Crippen molar-refractivity contribution in [1.29, 1.82) is 0 Å². The van der Waals surface area contributed by atoms with Gasteiger partial charge in [0.15, 0.2) is 0 Å². The molecule has 1 unspecified atom stereocenters. The van der Waals surface area contributed by atoms with Crippen LogP contribution < -0.4 is 0 Å². The predicted molar refractivity (Wildman–Crippen MR) is 88.6 cm³/mol. The minimum atomic E-state index is -0.920. The van der Waals surface area contributed by atoms with Gasteiger partial charge in [-0.15, -0.1) is 0 Å². The van der Waals surface area contributed by atoms with Crippen molar-refractivity contribution in [2.24, 2.45) is 0 Å². The molecule has 0 saturated heterocycles. The van der Waals surface area contributed by atoms with Crippen molar-refractivity contribution >= 4 is 10.8 Å². The van der Waals surface area contributed by atoms with Gasteiger partial charge in [0.2, 0.25) is 0 Å². The van der Waals surface area contributed by atoms with Crippen molar-refractivity contribution in [2.75, 3.05) is 0 Å². The zero-order valence-electron chi connectivity index (χ0n) is 12.8. The lowest BCUT2D eigenvalue weighted by atomic mass is 10.0. The van der Waals surface area contributed by atoms with Crippen LogP contribution in [0.5, 0.6) is 0 Å². The molecule has 0 bridgehead atoms. The number of hydrogen-bond donors (Lipinski definition) is 1. The SMILES string of the molecule is Cc1cc(C)c(CS(=O)Cc2ccc(CO)cc2)c(C)c1. The van der Waals surface area contributed by atoms with E-state index in [1.807, 2.05) is 24.3 Å². The van der Waals surface area contributed by atoms with Crippen molar-refractivity contribution in [3.63, 3.8) is 0 Å². The maximum absolute atomic E-state index is 12.4. The highest BCUT2D eigenvalue weighted by Crippen LogP contribution is 2.19. The highest BCUT2D eigenvalue weighted by atomic mass is 32.2. The molecule has 0 aliphatic heterocycles. The topological polar surface area (TPSA) is 37.3 Å². The summed E-state index contributed by atoms with van der Waals surface area (Å²) in [6.45, 7) is 6.31. The van der Waals surface area contributed by atoms with Crippen LogP contribution in [0.3, 0.4) is 0 Å². The summed E-state index contributed by atoms with van der Waals surface area (Å²) in [5.74, 6) is 1.15. The van der Waals surface area contributed by atoms with Crippen LogP contribution in [0.15, 0.2) is 36.4 Å². The van der Waals surface area contributed by atoms with Crippen molar-refractivity contribution < 1.29 is 9.32 Å². The summed E-state index contributed by atoms with van der Waals surface area (Å²) in [5, 5.41) is 9.03. The first-order valence-electron chi connectivity index (χ1n) is 7.10. The van der Waals surface area contributed by atoms with Crippen molar-refractivity contribution in [2.45, 2.75) is 38.9 Å². The summed E-state index contributed by atoms with van der Waals surface area (Å²) in [6, 6.07) is 11.9. The van der Waals surface area contributed by atoms with Gasteiger partial charge in [0.1, 0.15) is 0 Å². The van der Waals surface area contributed by atoms with Crippen LogP contribution in [-0.2, 0) is 28.9 Å². The molecule has 112 valence electrons. The molecule has 0 aliphatic rings. The van der Waals surface area contributed by atoms with E-state index in [2.05, 4.69) is 32.9 Å². The van der Waals surface area contributed by atoms with Gasteiger partial charge >= 0.3 is 0 Å². The van der Waals surface area contributed by atoms with Gasteiger partial charge in [-0.2, -0.15) is 0 Å². The van der Waals surface area contributed by atoms with E-state index in [1.54, 1.807) is 0 Å². The second kappa shape index (κ2) is 7.01. The minimum Gasteiger partial charge on any atom is -0.392 e. The molecule has 0 aromatic heterocycles. The van der Waals surface area contributed by atoms with E-state index in [-0.39, 0.29) is 6.61 Å². The molecule has 2 rings (SSSR count). The summed E-state index contributed by atoms with van der Waals surface area (Å²) in [7, 11) is -0.920. The fourth-order valence-electron chi connectivity index (χ4n) is 2.58. The molecule has 0 saturated carbocycles. The van der Waals surface area contributed by atoms with Gasteiger partial charge in [0.05, 0.1) is 6.61 Å². The largest absolute Gasteiger partial charge is 0.392 e. The van der Waals surface area contributed by atoms with Crippen LogP contribution in [0.1, 0.15) is 33.4 Å². The minimum absolute atomic E-state index is 0.0468. The summed E-state index contributed by atoms with van der Waals surface area (Å²) < 4.78 is 12.4. The Labute approximate surface area is 129 Å². The van der Waals surface area contributed by atoms with E-state index in [9.17, 15) is 4.21 Å². The van der Waals surface area contributed by atoms with Crippen LogP contribution in [-0.4, -0.2) is 9.32 Å². The molecule has 1 N–H and O–H groups in total. The second-order valence-corrected chi connectivity index (χ2v) is 7.04. The summed E-state index contributed by atoms with van der Waals surface area (Å²) in [5.41, 5.74) is 6.82. The Morgan fingerprint density at radius 3 is 1.95 bits per heavy atom. The highest BCUT2D eigenvalue weighted by Gasteiger charge is 2.09. The zero-order valence-corrected chi connectivity index (χ0v) is 13.7. The Morgan fingerprint density at radius 2 is 1.43 bits per heavy atom. The first kappa shape index (κ1) is 15.9. The number of rotatable bonds is 5. The first-order chi connectivity index (χ1) is 9.99. The average molecular weight is 302 g/mol. The number of aliphatic hydroxyl groups excluding tert-OH is 1. The van der Waals surface area contributed by atoms with E-state index in [4.69, 9.17) is 5.11 Å². The van der Waals surface area contributed by atoms with Crippen molar-refractivity contribution in [3.8, 4) is 0 Å². The lowest BCUT2D eigenvalue weighted by molar-refractivity contribution is 0.282. The molecular weight excluding hydrogens is 280 g/mol. The second-order valence-electron chi connectivity index (χ2n) is 5.58. The van der Waals surface area contributed by atoms with Gasteiger partial charge in [-0.3, -0.25) is 4.21 Å². The molecule has 0 radical (unpaired) electrons. The van der Waals surface area contributed by atoms with Crippen LogP contribution in [0.25, 0.3) is 0 Å². The maximum Gasteiger partial charge on any atom is 0.0681 e. The normalized spacial score (nSPS) is 12.4. The Morgan fingerprint density at radius 1 is 0.905 bits per heavy atom. The van der Waals surface area contributed by atoms with Crippen LogP contribution in [0.2, 0.25) is 0 Å². The first-order valence-corrected chi connectivity index (χ1v) is 8.59. The summed E-state index contributed by atoms with van der Waals surface area (Å²) in [4.78, 5) is 0. The van der Waals surface area contributed by atoms with E-state index < -0.39 is 10.8 Å². The Bertz CT molecular complexity index is 622. The fraction of sp³-hybridized carbons (Fsp3) is 0.333. The lowest BCUT2D eigenvalue weighted by Gasteiger charge is -2.11. The van der Waals surface area contributed by atoms with Gasteiger partial charge in [-0.25, -0.2) is 0 Å². The van der Waals surface area contributed by atoms with Gasteiger partial charge < -0.3 is 5.11 Å². The Hall–Kier alpha value is -1.45. The molecule has 0 fully saturated rings. The molecule has 2 aromatic rings. The molecule has 3 heteroatoms. The van der Waals surface area contributed by atoms with Crippen LogP contribution >= 0.6 is 0 Å². The third-order valence-corrected chi connectivity index (χ3v) is 4.94. The standard InChI is InChI=1S/C18H22O2S/c1-13-8-14(2)18(15(3)9-13)12-21(20)11-17-6-4-16(10-19)5-7-17/h4-9,19H,10-12H2,1-3H3. The van der Waals surface area contributed by atoms with Gasteiger partial charge in [0, 0.05) is 22.3 Å². The van der Waals surface area contributed by atoms with Gasteiger partial charge in [-0.1, -0.05) is 42.0 Å². The summed E-state index contributed by atoms with van der Waals surface area (Å²) in [6.07, 6.45) is 0. The average Bonchev–Trinajstić information content (AvgIpc) is 2.43. The number of aliphatic hydroxyl groups is 1. The molecule has 2 nitrogen and oxygen atoms in total. The lowest BCUT2D eigenvalue weighted by Crippen LogP contribution is -2.03. The van der Waals surface area contributed by atoms with Crippen molar-refractivity contribution in [3.05, 3.63) is 69.8 Å². The van der Waals surface area contributed by atoms with E-state index in [0.29, 0.717) is 11.5 Å². The maximum atomic E-state index is 12.4. The number of benzene rings is 2. The Balaban J connectivity index is 2.08. The number of aryl methyl sites for hydroxylation is 3. The molecule has 0 heterocycles. The number of hydrogen-bond acceptors (Lipinski definition) is 2. The third-order valence-electron chi connectivity index (χ3n) is 3.68. The smallest absolute Gasteiger partial charge is 0.0681 e. The quantitative estimate of drug-likeness (QED) is 0.917. The van der Waals surface area contributed by atoms with Gasteiger partial charge in [0.25, 0.3) is 0 Å². The highest BCUT2D eigenvalue weighted by molar-refractivity contribution is 7.83. The van der Waals surface area contributed by atoms with E-state index >= 15 is 0 Å². The van der Waals surface area contributed by atoms with E-state index in [0.717, 1.165) is 11.1 Å². The molecule has 1 atom stereocenters. The van der Waals surface area contributed by atoms with Crippen LogP contribution in [0.4, 0.5) is 0 Å². The Kier molecular flexibility index (Phi) is 5.32. The molecule has 0 spiro atoms. The molecule has 2 aromatic carbocycles. The molecule has 21 heavy (non-hydrogen) atoms. The van der Waals surface area contributed by atoms with Crippen LogP contribution in [0, 0.1) is 20.8 Å². The van der Waals surface area contributed by atoms with Crippen molar-refractivity contribution in [1.82, 2.24) is 0 Å². The molecular formula is C18H22O2S. The molecule has 0 amide bonds. The summed E-state index contributed by atoms with van der Waals surface area (Å²) >= 11 is 0. The molecule has 0 aliphatic carbocycles. The monoisotopic (exact) mass is 302 g/mol. The fourth-order valence-corrected chi connectivity index (χ4v) is 4.02. The zero-order chi connectivity index (χ0) is 15.4. The van der Waals surface area contributed by atoms with Gasteiger partial charge in [-0.05, 0) is 48.6 Å². The van der Waals surface area contributed by atoms with E-state index in [1.165, 1.54) is 22.3 Å². The third kappa shape index (κ3) is 4.26.